The van der Waals surface area contributed by atoms with Crippen molar-refractivity contribution in [3.63, 3.8) is 0 Å². The molecule has 0 aromatic heterocycles. The lowest BCUT2D eigenvalue weighted by Gasteiger charge is -2.37. The average Bonchev–Trinajstić information content (AvgIpc) is 3.03. The lowest BCUT2D eigenvalue weighted by atomic mass is 9.90. The summed E-state index contributed by atoms with van der Waals surface area (Å²) in [4.78, 5) is 56.9. The molecule has 9 heteroatoms. The lowest BCUT2D eigenvalue weighted by molar-refractivity contribution is -0.127. The fourth-order valence-corrected chi connectivity index (χ4v) is 5.39. The van der Waals surface area contributed by atoms with Crippen LogP contribution in [0.1, 0.15) is 84.0 Å². The molecule has 1 aliphatic heterocycles. The van der Waals surface area contributed by atoms with Crippen molar-refractivity contribution < 1.29 is 23.9 Å². The summed E-state index contributed by atoms with van der Waals surface area (Å²) in [5.41, 5.74) is 0.988. The van der Waals surface area contributed by atoms with Gasteiger partial charge in [-0.2, -0.15) is 0 Å². The van der Waals surface area contributed by atoms with Crippen molar-refractivity contribution in [1.29, 1.82) is 0 Å². The highest BCUT2D eigenvalue weighted by Crippen LogP contribution is 2.37. The number of rotatable bonds is 6. The third-order valence-electron chi connectivity index (χ3n) is 7.64. The van der Waals surface area contributed by atoms with E-state index < -0.39 is 29.1 Å². The number of benzene rings is 2. The zero-order valence-electron chi connectivity index (χ0n) is 25.7. The van der Waals surface area contributed by atoms with Crippen LogP contribution in [0.5, 0.6) is 0 Å². The third kappa shape index (κ3) is 7.69. The zero-order chi connectivity index (χ0) is 30.7. The van der Waals surface area contributed by atoms with Crippen LogP contribution in [0.3, 0.4) is 0 Å². The topological polar surface area (TPSA) is 108 Å². The number of ether oxygens (including phenoxy) is 1. The molecule has 3 amide bonds. The van der Waals surface area contributed by atoms with Crippen molar-refractivity contribution in [2.45, 2.75) is 91.3 Å². The highest BCUT2D eigenvalue weighted by Gasteiger charge is 2.39. The number of carbonyl (C=O) groups is 4. The molecule has 1 atom stereocenters. The van der Waals surface area contributed by atoms with Crippen LogP contribution < -0.4 is 20.4 Å². The molecule has 2 N–H and O–H groups in total. The van der Waals surface area contributed by atoms with Gasteiger partial charge in [-0.15, -0.1) is 0 Å². The number of Topliss-reactive ketones (excluding diaryl/α,β-unsaturated/α-hetero) is 1. The largest absolute Gasteiger partial charge is 0.456 e. The highest BCUT2D eigenvalue weighted by molar-refractivity contribution is 6.08. The van der Waals surface area contributed by atoms with Crippen LogP contribution in [0.2, 0.25) is 0 Å². The summed E-state index contributed by atoms with van der Waals surface area (Å²) in [7, 11) is 0. The quantitative estimate of drug-likeness (QED) is 0.413. The van der Waals surface area contributed by atoms with E-state index in [9.17, 15) is 19.2 Å². The second-order valence-electron chi connectivity index (χ2n) is 13.3. The van der Waals surface area contributed by atoms with Crippen molar-refractivity contribution in [2.24, 2.45) is 5.41 Å². The molecule has 1 saturated carbocycles. The second-order valence-corrected chi connectivity index (χ2v) is 13.3. The molecule has 1 aliphatic carbocycles. The second kappa shape index (κ2) is 12.5. The van der Waals surface area contributed by atoms with Gasteiger partial charge in [0.25, 0.3) is 5.91 Å². The number of hydrogen-bond donors (Lipinski definition) is 2. The van der Waals surface area contributed by atoms with Crippen LogP contribution in [-0.2, 0) is 14.3 Å². The minimum absolute atomic E-state index is 0.0704. The minimum atomic E-state index is -0.902. The normalized spacial score (nSPS) is 18.1. The van der Waals surface area contributed by atoms with Gasteiger partial charge < -0.3 is 25.2 Å². The number of nitrogens with zero attached hydrogens (tertiary/aromatic N) is 2. The summed E-state index contributed by atoms with van der Waals surface area (Å²) < 4.78 is 5.45. The first-order valence-electron chi connectivity index (χ1n) is 14.8. The summed E-state index contributed by atoms with van der Waals surface area (Å²) in [5, 5.41) is 5.65. The predicted molar refractivity (Wildman–Crippen MR) is 165 cm³/mol. The first-order valence-corrected chi connectivity index (χ1v) is 14.8. The molecule has 2 aliphatic rings. The Labute approximate surface area is 249 Å². The molecule has 0 unspecified atom stereocenters. The van der Waals surface area contributed by atoms with Crippen molar-refractivity contribution in [3.05, 3.63) is 54.1 Å². The first kappa shape index (κ1) is 31.1. The fraction of sp³-hybridized carbons (Fsp3) is 0.515. The van der Waals surface area contributed by atoms with Crippen LogP contribution in [0, 0.1) is 5.41 Å². The van der Waals surface area contributed by atoms with E-state index in [4.69, 9.17) is 4.74 Å². The molecule has 0 spiro atoms. The number of esters is 1. The van der Waals surface area contributed by atoms with Crippen LogP contribution in [0.25, 0.3) is 0 Å². The number of anilines is 3. The van der Waals surface area contributed by atoms with Gasteiger partial charge in [-0.3, -0.25) is 9.59 Å². The van der Waals surface area contributed by atoms with Gasteiger partial charge in [-0.05, 0) is 63.9 Å². The van der Waals surface area contributed by atoms with E-state index in [-0.39, 0.29) is 30.8 Å². The third-order valence-corrected chi connectivity index (χ3v) is 7.64. The Kier molecular flexibility index (Phi) is 9.28. The first-order chi connectivity index (χ1) is 19.7. The summed E-state index contributed by atoms with van der Waals surface area (Å²) in [6.07, 6.45) is 5.40. The molecule has 1 fully saturated rings. The Morgan fingerprint density at radius 1 is 0.905 bits per heavy atom. The molecule has 0 saturated heterocycles. The number of para-hydroxylation sites is 2. The molecule has 0 radical (unpaired) electrons. The van der Waals surface area contributed by atoms with Crippen LogP contribution in [-0.4, -0.2) is 54.5 Å². The molecule has 226 valence electrons. The number of urea groups is 1. The molecule has 42 heavy (non-hydrogen) atoms. The standard InChI is InChI=1S/C33H44N4O5/c1-32(2,3)28(38)21-37-27-18-11-10-17-26(27)36(24-15-8-7-9-16-24)20-25(29(37)39)35-31(41)34-23-14-12-13-22(19-23)30(40)42-33(4,5)6/h10-14,17-19,24-25H,7-9,15-16,20-21H2,1-6H3,(H2,34,35,41)/t25-/m1/s1. The van der Waals surface area contributed by atoms with E-state index in [0.29, 0.717) is 16.9 Å². The minimum Gasteiger partial charge on any atom is -0.456 e. The number of amides is 3. The number of nitrogens with one attached hydrogen (secondary N) is 2. The van der Waals surface area contributed by atoms with E-state index in [1.54, 1.807) is 45.0 Å². The molecular weight excluding hydrogens is 532 g/mol. The van der Waals surface area contributed by atoms with Gasteiger partial charge in [0.1, 0.15) is 11.6 Å². The molecule has 4 rings (SSSR count). The summed E-state index contributed by atoms with van der Waals surface area (Å²) in [6.45, 7) is 11.1. The summed E-state index contributed by atoms with van der Waals surface area (Å²) in [5.74, 6) is -0.902. The maximum absolute atomic E-state index is 14.1. The van der Waals surface area contributed by atoms with Gasteiger partial charge in [0.05, 0.1) is 23.5 Å². The molecule has 2 aromatic rings. The van der Waals surface area contributed by atoms with Gasteiger partial charge in [0.2, 0.25) is 0 Å². The Morgan fingerprint density at radius 2 is 1.57 bits per heavy atom. The van der Waals surface area contributed by atoms with Crippen molar-refractivity contribution in [1.82, 2.24) is 5.32 Å². The van der Waals surface area contributed by atoms with Crippen LogP contribution >= 0.6 is 0 Å². The Balaban J connectivity index is 1.61. The monoisotopic (exact) mass is 576 g/mol. The van der Waals surface area contributed by atoms with E-state index in [2.05, 4.69) is 15.5 Å². The van der Waals surface area contributed by atoms with Crippen molar-refractivity contribution in [2.75, 3.05) is 28.2 Å². The van der Waals surface area contributed by atoms with Crippen LogP contribution in [0.4, 0.5) is 21.9 Å². The Bertz CT molecular complexity index is 1320. The summed E-state index contributed by atoms with van der Waals surface area (Å²) >= 11 is 0. The lowest BCUT2D eigenvalue weighted by Crippen LogP contribution is -2.55. The van der Waals surface area contributed by atoms with Gasteiger partial charge in [-0.1, -0.05) is 58.2 Å². The SMILES string of the molecule is CC(C)(C)OC(=O)c1cccc(NC(=O)N[C@@H]2CN(C3CCCCC3)c3ccccc3N(CC(=O)C(C)(C)C)C2=O)c1. The molecule has 0 bridgehead atoms. The van der Waals surface area contributed by atoms with Crippen LogP contribution in [0.15, 0.2) is 48.5 Å². The van der Waals surface area contributed by atoms with Crippen molar-refractivity contribution in [3.8, 4) is 0 Å². The Hall–Kier alpha value is -3.88. The van der Waals surface area contributed by atoms with Gasteiger partial charge in [0, 0.05) is 23.7 Å². The van der Waals surface area contributed by atoms with E-state index in [0.717, 1.165) is 31.4 Å². The molecule has 1 heterocycles. The number of fused-ring (bicyclic) bond motifs is 1. The smallest absolute Gasteiger partial charge is 0.338 e. The molecule has 2 aromatic carbocycles. The van der Waals surface area contributed by atoms with Gasteiger partial charge in [0.15, 0.2) is 5.78 Å². The molecular formula is C33H44N4O5. The van der Waals surface area contributed by atoms with E-state index >= 15 is 0 Å². The zero-order valence-corrected chi connectivity index (χ0v) is 25.7. The number of carbonyl (C=O) groups excluding carboxylic acids is 4. The van der Waals surface area contributed by atoms with E-state index in [1.807, 2.05) is 45.0 Å². The number of hydrogen-bond acceptors (Lipinski definition) is 6. The summed E-state index contributed by atoms with van der Waals surface area (Å²) in [6, 6.07) is 12.9. The van der Waals surface area contributed by atoms with Gasteiger partial charge in [-0.25, -0.2) is 9.59 Å². The fourth-order valence-electron chi connectivity index (χ4n) is 5.39. The maximum atomic E-state index is 14.1. The number of ketones is 1. The average molecular weight is 577 g/mol. The van der Waals surface area contributed by atoms with E-state index in [1.165, 1.54) is 11.3 Å². The Morgan fingerprint density at radius 3 is 2.21 bits per heavy atom. The molecule has 9 nitrogen and oxygen atoms in total. The predicted octanol–water partition coefficient (Wildman–Crippen LogP) is 5.93. The highest BCUT2D eigenvalue weighted by atomic mass is 16.6. The van der Waals surface area contributed by atoms with Crippen molar-refractivity contribution >= 4 is 40.8 Å². The van der Waals surface area contributed by atoms with Gasteiger partial charge >= 0.3 is 12.0 Å². The maximum Gasteiger partial charge on any atom is 0.338 e.